The van der Waals surface area contributed by atoms with E-state index in [1.54, 1.807) is 41.4 Å². The molecule has 0 saturated heterocycles. The lowest BCUT2D eigenvalue weighted by Crippen LogP contribution is -2.15. The van der Waals surface area contributed by atoms with Gasteiger partial charge in [0.15, 0.2) is 0 Å². The fourth-order valence-corrected chi connectivity index (χ4v) is 5.47. The minimum absolute atomic E-state index is 0.0918. The molecule has 0 N–H and O–H groups in total. The van der Waals surface area contributed by atoms with Crippen LogP contribution in [0.2, 0.25) is 0 Å². The Morgan fingerprint density at radius 1 is 1.21 bits per heavy atom. The first kappa shape index (κ1) is 18.1. The van der Waals surface area contributed by atoms with E-state index in [-0.39, 0.29) is 11.3 Å². The predicted molar refractivity (Wildman–Crippen MR) is 94.0 cm³/mol. The van der Waals surface area contributed by atoms with Crippen LogP contribution in [0.4, 0.5) is 13.2 Å². The van der Waals surface area contributed by atoms with Crippen molar-refractivity contribution >= 4 is 34.7 Å². The van der Waals surface area contributed by atoms with Crippen molar-refractivity contribution in [1.29, 1.82) is 0 Å². The second-order valence-corrected chi connectivity index (χ2v) is 8.72. The summed E-state index contributed by atoms with van der Waals surface area (Å²) < 4.78 is 39.2. The molecule has 0 spiro atoms. The molecular formula is C17H17ClF3NS2. The molecule has 0 bridgehead atoms. The van der Waals surface area contributed by atoms with Crippen molar-refractivity contribution in [2.24, 2.45) is 5.92 Å². The molecule has 2 aromatic rings. The molecule has 1 saturated carbocycles. The Bertz CT molecular complexity index is 643. The number of nitrogens with zero attached hydrogens (tertiary/aromatic N) is 1. The van der Waals surface area contributed by atoms with Gasteiger partial charge in [-0.1, -0.05) is 23.9 Å². The molecule has 3 rings (SSSR count). The van der Waals surface area contributed by atoms with Gasteiger partial charge in [-0.3, -0.25) is 0 Å². The minimum Gasteiger partial charge on any atom is -0.238 e. The van der Waals surface area contributed by atoms with Crippen LogP contribution in [0.1, 0.15) is 36.3 Å². The highest BCUT2D eigenvalue weighted by Crippen LogP contribution is 2.45. The molecule has 130 valence electrons. The lowest BCUT2D eigenvalue weighted by atomic mass is 9.87. The van der Waals surface area contributed by atoms with Crippen molar-refractivity contribution in [3.8, 4) is 0 Å². The van der Waals surface area contributed by atoms with Crippen LogP contribution in [0.5, 0.6) is 0 Å². The smallest absolute Gasteiger partial charge is 0.238 e. The van der Waals surface area contributed by atoms with E-state index < -0.39 is 11.7 Å². The first-order chi connectivity index (χ1) is 11.4. The monoisotopic (exact) mass is 391 g/mol. The molecule has 1 fully saturated rings. The average Bonchev–Trinajstić information content (AvgIpc) is 3.17. The first-order valence-corrected chi connectivity index (χ1v) is 10.1. The number of alkyl halides is 4. The van der Waals surface area contributed by atoms with E-state index in [1.165, 1.54) is 12.1 Å². The van der Waals surface area contributed by atoms with Gasteiger partial charge in [0.2, 0.25) is 0 Å². The summed E-state index contributed by atoms with van der Waals surface area (Å²) >= 11 is 9.82. The third kappa shape index (κ3) is 4.27. The molecule has 1 aromatic carbocycles. The average molecular weight is 392 g/mol. The van der Waals surface area contributed by atoms with Crippen LogP contribution < -0.4 is 0 Å². The highest BCUT2D eigenvalue weighted by Gasteiger charge is 2.36. The summed E-state index contributed by atoms with van der Waals surface area (Å²) in [6.07, 6.45) is 0.307. The van der Waals surface area contributed by atoms with Gasteiger partial charge < -0.3 is 0 Å². The lowest BCUT2D eigenvalue weighted by molar-refractivity contribution is -0.137. The maximum absolute atomic E-state index is 12.7. The van der Waals surface area contributed by atoms with E-state index in [0.717, 1.165) is 34.9 Å². The fourth-order valence-electron chi connectivity index (χ4n) is 3.30. The standard InChI is InChI=1S/C17H17ClF3NS2/c18-15-6-5-13(11-1-3-12(4-2-11)17(19,20)21)14(15)7-9-23-16-22-8-10-24-16/h1-4,8,10,13-15H,5-7,9H2. The largest absolute Gasteiger partial charge is 0.416 e. The van der Waals surface area contributed by atoms with E-state index in [9.17, 15) is 13.2 Å². The number of thioether (sulfide) groups is 1. The van der Waals surface area contributed by atoms with Crippen LogP contribution in [-0.2, 0) is 6.18 Å². The van der Waals surface area contributed by atoms with Gasteiger partial charge in [-0.05, 0) is 48.8 Å². The summed E-state index contributed by atoms with van der Waals surface area (Å²) in [5, 5.41) is 2.04. The molecule has 1 aliphatic carbocycles. The number of halogens is 4. The van der Waals surface area contributed by atoms with Crippen LogP contribution in [-0.4, -0.2) is 16.1 Å². The maximum Gasteiger partial charge on any atom is 0.416 e. The van der Waals surface area contributed by atoms with E-state index in [0.29, 0.717) is 5.92 Å². The van der Waals surface area contributed by atoms with Crippen LogP contribution in [0.15, 0.2) is 40.2 Å². The van der Waals surface area contributed by atoms with E-state index in [4.69, 9.17) is 11.6 Å². The first-order valence-electron chi connectivity index (χ1n) is 7.78. The van der Waals surface area contributed by atoms with Gasteiger partial charge in [-0.25, -0.2) is 4.98 Å². The number of aromatic nitrogens is 1. The number of thiazole rings is 1. The molecule has 1 aromatic heterocycles. The minimum atomic E-state index is -4.28. The van der Waals surface area contributed by atoms with Crippen molar-refractivity contribution in [2.45, 2.75) is 41.1 Å². The summed E-state index contributed by atoms with van der Waals surface area (Å²) in [6, 6.07) is 5.59. The third-order valence-electron chi connectivity index (χ3n) is 4.49. The van der Waals surface area contributed by atoms with Crippen molar-refractivity contribution in [1.82, 2.24) is 4.98 Å². The fraction of sp³-hybridized carbons (Fsp3) is 0.471. The topological polar surface area (TPSA) is 12.9 Å². The van der Waals surface area contributed by atoms with Gasteiger partial charge in [-0.2, -0.15) is 13.2 Å². The predicted octanol–water partition coefficient (Wildman–Crippen LogP) is 6.45. The molecule has 1 aliphatic rings. The van der Waals surface area contributed by atoms with Gasteiger partial charge >= 0.3 is 6.18 Å². The SMILES string of the molecule is FC(F)(F)c1ccc(C2CCC(Cl)C2CCSc2nccs2)cc1. The van der Waals surface area contributed by atoms with Crippen LogP contribution in [0, 0.1) is 5.92 Å². The molecular weight excluding hydrogens is 375 g/mol. The Hall–Kier alpha value is -0.720. The lowest BCUT2D eigenvalue weighted by Gasteiger charge is -2.22. The van der Waals surface area contributed by atoms with Gasteiger partial charge in [-0.15, -0.1) is 22.9 Å². The summed E-state index contributed by atoms with van der Waals surface area (Å²) in [7, 11) is 0. The van der Waals surface area contributed by atoms with E-state index in [1.807, 2.05) is 5.38 Å². The Morgan fingerprint density at radius 2 is 1.96 bits per heavy atom. The second kappa shape index (κ2) is 7.67. The molecule has 1 heterocycles. The van der Waals surface area contributed by atoms with Crippen LogP contribution in [0.3, 0.4) is 0 Å². The van der Waals surface area contributed by atoms with E-state index >= 15 is 0 Å². The van der Waals surface area contributed by atoms with Crippen LogP contribution in [0.25, 0.3) is 0 Å². The molecule has 1 nitrogen and oxygen atoms in total. The molecule has 0 amide bonds. The van der Waals surface area contributed by atoms with Crippen molar-refractivity contribution in [2.75, 3.05) is 5.75 Å². The number of hydrogen-bond acceptors (Lipinski definition) is 3. The normalized spacial score (nSPS) is 24.4. The van der Waals surface area contributed by atoms with Crippen LogP contribution >= 0.6 is 34.7 Å². The zero-order valence-electron chi connectivity index (χ0n) is 12.8. The second-order valence-electron chi connectivity index (χ2n) is 5.92. The quantitative estimate of drug-likeness (QED) is 0.429. The zero-order valence-corrected chi connectivity index (χ0v) is 15.2. The Labute approximate surface area is 152 Å². The third-order valence-corrected chi connectivity index (χ3v) is 7.03. The highest BCUT2D eigenvalue weighted by molar-refractivity contribution is 8.00. The van der Waals surface area contributed by atoms with Crippen molar-refractivity contribution in [3.63, 3.8) is 0 Å². The zero-order chi connectivity index (χ0) is 17.2. The van der Waals surface area contributed by atoms with Crippen molar-refractivity contribution in [3.05, 3.63) is 47.0 Å². The Balaban J connectivity index is 1.65. The highest BCUT2D eigenvalue weighted by atomic mass is 35.5. The summed E-state index contributed by atoms with van der Waals surface area (Å²) in [5.74, 6) is 1.47. The van der Waals surface area contributed by atoms with Gasteiger partial charge in [0.25, 0.3) is 0 Å². The number of rotatable bonds is 5. The molecule has 0 radical (unpaired) electrons. The number of benzene rings is 1. The van der Waals surface area contributed by atoms with Gasteiger partial charge in [0.05, 0.1) is 5.56 Å². The van der Waals surface area contributed by atoms with E-state index in [2.05, 4.69) is 4.98 Å². The summed E-state index contributed by atoms with van der Waals surface area (Å²) in [4.78, 5) is 4.25. The summed E-state index contributed by atoms with van der Waals surface area (Å²) in [5.41, 5.74) is 0.373. The molecule has 24 heavy (non-hydrogen) atoms. The molecule has 3 unspecified atom stereocenters. The van der Waals surface area contributed by atoms with Gasteiger partial charge in [0.1, 0.15) is 4.34 Å². The molecule has 0 aliphatic heterocycles. The van der Waals surface area contributed by atoms with Crippen molar-refractivity contribution < 1.29 is 13.2 Å². The Kier molecular flexibility index (Phi) is 5.78. The molecule has 3 atom stereocenters. The molecule has 7 heteroatoms. The maximum atomic E-state index is 12.7. The van der Waals surface area contributed by atoms with Gasteiger partial charge in [0, 0.05) is 22.7 Å². The number of hydrogen-bond donors (Lipinski definition) is 0. The Morgan fingerprint density at radius 3 is 2.58 bits per heavy atom. The summed E-state index contributed by atoms with van der Waals surface area (Å²) in [6.45, 7) is 0.